The Morgan fingerprint density at radius 1 is 1.02 bits per heavy atom. The fourth-order valence-corrected chi connectivity index (χ4v) is 6.78. The summed E-state index contributed by atoms with van der Waals surface area (Å²) in [4.78, 5) is 22.8. The van der Waals surface area contributed by atoms with Crippen molar-refractivity contribution in [1.29, 1.82) is 0 Å². The second-order valence-corrected chi connectivity index (χ2v) is 13.5. The molecule has 44 heavy (non-hydrogen) atoms. The molecule has 2 aromatic carbocycles. The molecule has 3 saturated carbocycles. The molecule has 1 atom stereocenters. The zero-order valence-electron chi connectivity index (χ0n) is 26.9. The fourth-order valence-electron chi connectivity index (χ4n) is 6.78. The van der Waals surface area contributed by atoms with Crippen molar-refractivity contribution in [2.24, 2.45) is 11.7 Å². The largest absolute Gasteiger partial charge is 0.490 e. The molecule has 3 N–H and O–H groups in total. The normalized spacial score (nSPS) is 21.0. The first-order valence-electron chi connectivity index (χ1n) is 16.7. The zero-order valence-corrected chi connectivity index (χ0v) is 26.9. The maximum absolute atomic E-state index is 14.3. The summed E-state index contributed by atoms with van der Waals surface area (Å²) in [6, 6.07) is 10.8. The number of primary amides is 1. The molecule has 4 fully saturated rings. The molecule has 1 amide bonds. The van der Waals surface area contributed by atoms with Crippen LogP contribution in [-0.4, -0.2) is 37.0 Å². The second-order valence-electron chi connectivity index (χ2n) is 13.5. The zero-order chi connectivity index (χ0) is 31.7. The topological polar surface area (TPSA) is 98.5 Å². The minimum Gasteiger partial charge on any atom is -0.490 e. The van der Waals surface area contributed by atoms with Crippen LogP contribution in [0.1, 0.15) is 109 Å². The van der Waals surface area contributed by atoms with E-state index in [4.69, 9.17) is 10.5 Å². The number of hydrogen-bond donors (Lipinski definition) is 2. The van der Waals surface area contributed by atoms with Crippen LogP contribution in [0, 0.1) is 11.7 Å². The molecule has 0 radical (unpaired) electrons. The van der Waals surface area contributed by atoms with E-state index >= 15 is 0 Å². The first-order chi connectivity index (χ1) is 21.1. The van der Waals surface area contributed by atoms with E-state index in [1.165, 1.54) is 44.6 Å². The van der Waals surface area contributed by atoms with Crippen LogP contribution in [0.3, 0.4) is 0 Å². The van der Waals surface area contributed by atoms with Gasteiger partial charge in [-0.3, -0.25) is 9.59 Å². The number of rotatable bonds is 9. The predicted molar refractivity (Wildman–Crippen MR) is 174 cm³/mol. The van der Waals surface area contributed by atoms with Crippen molar-refractivity contribution >= 4 is 18.8 Å². The summed E-state index contributed by atoms with van der Waals surface area (Å²) in [5, 5.41) is 3.69. The summed E-state index contributed by atoms with van der Waals surface area (Å²) < 4.78 is 30.4. The number of nitrogens with two attached hydrogens (primary N) is 1. The van der Waals surface area contributed by atoms with Crippen molar-refractivity contribution in [2.75, 3.05) is 6.54 Å². The second kappa shape index (κ2) is 15.4. The number of Topliss-reactive ketones (excluding diaryl/α,β-unsaturated/α-hetero) is 1. The summed E-state index contributed by atoms with van der Waals surface area (Å²) in [6.07, 6.45) is 14.7. The van der Waals surface area contributed by atoms with Crippen molar-refractivity contribution in [3.05, 3.63) is 53.3 Å². The SMILES string of the molecule is CC1(B=O)CC1.CCC(=O)C1CNC2(CCCC2)C1.CCc1c(F)cccc1-c1cc(CC(N)=O)ccc1OC1CCCC1. The smallest absolute Gasteiger partial charge is 0.221 e. The van der Waals surface area contributed by atoms with Crippen molar-refractivity contribution in [2.45, 2.75) is 128 Å². The van der Waals surface area contributed by atoms with Gasteiger partial charge in [0.2, 0.25) is 5.91 Å². The van der Waals surface area contributed by atoms with Crippen LogP contribution in [0.4, 0.5) is 4.39 Å². The summed E-state index contributed by atoms with van der Waals surface area (Å²) >= 11 is 0. The Morgan fingerprint density at radius 2 is 1.73 bits per heavy atom. The quantitative estimate of drug-likeness (QED) is 0.293. The monoisotopic (exact) mass is 604 g/mol. The van der Waals surface area contributed by atoms with Crippen molar-refractivity contribution < 1.29 is 23.4 Å². The van der Waals surface area contributed by atoms with E-state index in [0.29, 0.717) is 35.6 Å². The first-order valence-corrected chi connectivity index (χ1v) is 16.7. The van der Waals surface area contributed by atoms with Gasteiger partial charge in [-0.05, 0) is 86.3 Å². The minimum absolute atomic E-state index is 0.111. The fraction of sp³-hybridized carbons (Fsp3) is 0.611. The molecule has 238 valence electrons. The van der Waals surface area contributed by atoms with Gasteiger partial charge in [-0.2, -0.15) is 0 Å². The third-order valence-corrected chi connectivity index (χ3v) is 9.83. The number of amides is 1. The van der Waals surface area contributed by atoms with Crippen molar-refractivity contribution in [1.82, 2.24) is 5.32 Å². The number of carbonyl (C=O) groups is 2. The molecule has 8 heteroatoms. The maximum atomic E-state index is 14.3. The Morgan fingerprint density at radius 3 is 2.30 bits per heavy atom. The van der Waals surface area contributed by atoms with Gasteiger partial charge in [0.25, 0.3) is 0 Å². The van der Waals surface area contributed by atoms with Crippen LogP contribution < -0.4 is 15.8 Å². The molecular formula is C36H50BFN2O4. The van der Waals surface area contributed by atoms with Gasteiger partial charge < -0.3 is 15.8 Å². The van der Waals surface area contributed by atoms with Gasteiger partial charge in [-0.15, -0.1) is 0 Å². The number of ketones is 1. The van der Waals surface area contributed by atoms with Crippen LogP contribution in [0.25, 0.3) is 11.1 Å². The van der Waals surface area contributed by atoms with E-state index in [9.17, 15) is 18.7 Å². The van der Waals surface area contributed by atoms with E-state index < -0.39 is 0 Å². The van der Waals surface area contributed by atoms with Gasteiger partial charge in [0.1, 0.15) is 17.3 Å². The number of carbonyl (C=O) groups excluding carboxylic acids is 2. The Balaban J connectivity index is 0.000000191. The Hall–Kier alpha value is -2.87. The van der Waals surface area contributed by atoms with Gasteiger partial charge in [-0.25, -0.2) is 4.39 Å². The average molecular weight is 605 g/mol. The molecule has 1 aliphatic heterocycles. The summed E-state index contributed by atoms with van der Waals surface area (Å²) in [5.41, 5.74) is 8.83. The van der Waals surface area contributed by atoms with E-state index in [-0.39, 0.29) is 29.6 Å². The molecule has 2 aromatic rings. The molecule has 0 aromatic heterocycles. The van der Waals surface area contributed by atoms with Crippen LogP contribution in [-0.2, 0) is 27.1 Å². The number of nitrogens with one attached hydrogen (secondary N) is 1. The summed E-state index contributed by atoms with van der Waals surface area (Å²) in [7, 11) is 1.05. The molecule has 1 heterocycles. The van der Waals surface area contributed by atoms with Crippen LogP contribution in [0.15, 0.2) is 36.4 Å². The molecular weight excluding hydrogens is 554 g/mol. The summed E-state index contributed by atoms with van der Waals surface area (Å²) in [5.74, 6) is 0.928. The summed E-state index contributed by atoms with van der Waals surface area (Å²) in [6.45, 7) is 6.83. The van der Waals surface area contributed by atoms with E-state index in [1.54, 1.807) is 6.07 Å². The molecule has 6 rings (SSSR count). The third-order valence-electron chi connectivity index (χ3n) is 9.83. The van der Waals surface area contributed by atoms with Gasteiger partial charge in [0.15, 0.2) is 0 Å². The number of benzene rings is 2. The van der Waals surface area contributed by atoms with E-state index in [1.807, 2.05) is 45.0 Å². The molecule has 0 bridgehead atoms. The standard InChI is InChI=1S/C21H24FNO2.C11H19NO.C4H7BO/c1-2-16-17(8-5-9-19(16)22)18-12-14(13-21(23)24)10-11-20(18)25-15-6-3-4-7-15;1-2-10(13)9-7-11(12-8-9)5-3-4-6-11;1-4(5-6)2-3-4/h5,8-12,15H,2-4,6-7,13H2,1H3,(H2,23,24);9,12H,2-8H2,1H3;2-3H2,1H3. The number of ether oxygens (including phenoxy) is 1. The minimum atomic E-state index is -0.384. The van der Waals surface area contributed by atoms with Crippen LogP contribution in [0.2, 0.25) is 5.31 Å². The molecule has 3 aliphatic carbocycles. The van der Waals surface area contributed by atoms with Crippen LogP contribution in [0.5, 0.6) is 5.75 Å². The molecule has 1 unspecified atom stereocenters. The molecule has 6 nitrogen and oxygen atoms in total. The molecule has 4 aliphatic rings. The number of hydrogen-bond acceptors (Lipinski definition) is 5. The van der Waals surface area contributed by atoms with Gasteiger partial charge in [0, 0.05) is 30.0 Å². The van der Waals surface area contributed by atoms with Gasteiger partial charge in [0.05, 0.1) is 12.5 Å². The average Bonchev–Trinajstić information content (AvgIpc) is 3.43. The van der Waals surface area contributed by atoms with Crippen LogP contribution >= 0.6 is 0 Å². The molecule has 1 spiro atoms. The predicted octanol–water partition coefficient (Wildman–Crippen LogP) is 7.30. The maximum Gasteiger partial charge on any atom is 0.221 e. The van der Waals surface area contributed by atoms with E-state index in [0.717, 1.165) is 68.2 Å². The Labute approximate surface area is 263 Å². The van der Waals surface area contributed by atoms with Crippen molar-refractivity contribution in [3.8, 4) is 16.9 Å². The third kappa shape index (κ3) is 9.09. The Kier molecular flexibility index (Phi) is 11.9. The van der Waals surface area contributed by atoms with Gasteiger partial charge in [-0.1, -0.05) is 44.9 Å². The Bertz CT molecular complexity index is 1300. The van der Waals surface area contributed by atoms with E-state index in [2.05, 4.69) is 5.32 Å². The number of halogens is 1. The van der Waals surface area contributed by atoms with Crippen molar-refractivity contribution in [3.63, 3.8) is 0 Å². The first kappa shape index (κ1) is 34.0. The molecule has 1 saturated heterocycles. The van der Waals surface area contributed by atoms with Gasteiger partial charge >= 0.3 is 36.9 Å².